The van der Waals surface area contributed by atoms with Crippen LogP contribution < -0.4 is 4.74 Å². The van der Waals surface area contributed by atoms with Gasteiger partial charge in [0.25, 0.3) is 0 Å². The molecule has 7 nitrogen and oxygen atoms in total. The molecule has 0 aliphatic carbocycles. The van der Waals surface area contributed by atoms with Crippen LogP contribution in [0.4, 0.5) is 0 Å². The van der Waals surface area contributed by atoms with Crippen molar-refractivity contribution in [1.29, 1.82) is 0 Å². The Labute approximate surface area is 174 Å². The number of H-pyrrole nitrogens is 1. The molecule has 142 valence electrons. The van der Waals surface area contributed by atoms with Crippen LogP contribution >= 0.6 is 35.4 Å². The van der Waals surface area contributed by atoms with Gasteiger partial charge in [-0.1, -0.05) is 23.2 Å². The van der Waals surface area contributed by atoms with Crippen molar-refractivity contribution in [3.05, 3.63) is 75.1 Å². The molecule has 4 aromatic rings. The van der Waals surface area contributed by atoms with Gasteiger partial charge in [0.2, 0.25) is 10.6 Å². The molecular weight excluding hydrogens is 423 g/mol. The normalized spacial score (nSPS) is 11.4. The fraction of sp³-hybridized carbons (Fsp3) is 0.0556. The van der Waals surface area contributed by atoms with Gasteiger partial charge in [-0.2, -0.15) is 9.78 Å². The molecule has 3 heterocycles. The molecule has 0 unspecified atom stereocenters. The number of ether oxygens (including phenoxy) is 1. The quantitative estimate of drug-likeness (QED) is 0.317. The molecule has 0 atom stereocenters. The first kappa shape index (κ1) is 18.5. The van der Waals surface area contributed by atoms with Gasteiger partial charge in [-0.3, -0.25) is 0 Å². The second-order valence-electron chi connectivity index (χ2n) is 5.55. The van der Waals surface area contributed by atoms with Gasteiger partial charge in [-0.15, -0.1) is 5.10 Å². The SMILES string of the molecule is S=c1[nH]nc(-c2ccco2)n1/N=C\c1ccc(COc2ccc(Cl)cc2Cl)o1. The molecule has 0 aliphatic heterocycles. The zero-order chi connectivity index (χ0) is 19.5. The Morgan fingerprint density at radius 1 is 1.25 bits per heavy atom. The number of aromatic nitrogens is 3. The highest BCUT2D eigenvalue weighted by Gasteiger charge is 2.11. The standard InChI is InChI=1S/C18H12Cl2N4O3S/c19-11-3-6-15(14(20)8-11)26-10-13-5-4-12(27-13)9-21-24-17(22-23-18(24)28)16-2-1-7-25-16/h1-9H,10H2,(H,23,28)/b21-9-. The van der Waals surface area contributed by atoms with E-state index in [0.717, 1.165) is 0 Å². The highest BCUT2D eigenvalue weighted by molar-refractivity contribution is 7.71. The zero-order valence-corrected chi connectivity index (χ0v) is 16.5. The third kappa shape index (κ3) is 4.04. The summed E-state index contributed by atoms with van der Waals surface area (Å²) in [4.78, 5) is 0. The molecule has 0 saturated heterocycles. The van der Waals surface area contributed by atoms with Gasteiger partial charge in [0.05, 0.1) is 17.5 Å². The molecule has 0 radical (unpaired) electrons. The maximum atomic E-state index is 6.09. The molecule has 0 fully saturated rings. The third-order valence-corrected chi connectivity index (χ3v) is 4.43. The van der Waals surface area contributed by atoms with E-state index in [9.17, 15) is 0 Å². The Hall–Kier alpha value is -2.81. The number of hydrogen-bond donors (Lipinski definition) is 1. The van der Waals surface area contributed by atoms with E-state index in [1.165, 1.54) is 10.9 Å². The fourth-order valence-corrected chi connectivity index (χ4v) is 3.00. The highest BCUT2D eigenvalue weighted by atomic mass is 35.5. The monoisotopic (exact) mass is 434 g/mol. The number of aromatic amines is 1. The largest absolute Gasteiger partial charge is 0.484 e. The van der Waals surface area contributed by atoms with Gasteiger partial charge < -0.3 is 13.6 Å². The van der Waals surface area contributed by atoms with E-state index in [0.29, 0.717) is 43.7 Å². The third-order valence-electron chi connectivity index (χ3n) is 3.64. The highest BCUT2D eigenvalue weighted by Crippen LogP contribution is 2.28. The van der Waals surface area contributed by atoms with Crippen LogP contribution in [0.3, 0.4) is 0 Å². The molecule has 28 heavy (non-hydrogen) atoms. The van der Waals surface area contributed by atoms with Crippen molar-refractivity contribution in [3.63, 3.8) is 0 Å². The minimum atomic E-state index is 0.206. The summed E-state index contributed by atoms with van der Waals surface area (Å²) < 4.78 is 18.5. The molecule has 4 rings (SSSR count). The number of nitrogens with one attached hydrogen (secondary N) is 1. The summed E-state index contributed by atoms with van der Waals surface area (Å²) in [5, 5.41) is 12.1. The zero-order valence-electron chi connectivity index (χ0n) is 14.1. The van der Waals surface area contributed by atoms with Crippen molar-refractivity contribution in [2.75, 3.05) is 0 Å². The Bertz CT molecular complexity index is 1180. The molecule has 0 aliphatic rings. The second-order valence-corrected chi connectivity index (χ2v) is 6.78. The number of rotatable bonds is 6. The maximum absolute atomic E-state index is 6.09. The van der Waals surface area contributed by atoms with E-state index in [1.807, 2.05) is 0 Å². The Morgan fingerprint density at radius 3 is 2.93 bits per heavy atom. The van der Waals surface area contributed by atoms with Crippen LogP contribution in [-0.4, -0.2) is 21.1 Å². The minimum Gasteiger partial charge on any atom is -0.484 e. The molecular formula is C18H12Cl2N4O3S. The van der Waals surface area contributed by atoms with Crippen LogP contribution in [0.25, 0.3) is 11.6 Å². The summed E-state index contributed by atoms with van der Waals surface area (Å²) in [6.07, 6.45) is 3.07. The molecule has 0 bridgehead atoms. The Morgan fingerprint density at radius 2 is 2.14 bits per heavy atom. The van der Waals surface area contributed by atoms with E-state index in [2.05, 4.69) is 15.3 Å². The van der Waals surface area contributed by atoms with Gasteiger partial charge in [0, 0.05) is 5.02 Å². The van der Waals surface area contributed by atoms with Crippen LogP contribution in [0.15, 0.2) is 62.7 Å². The van der Waals surface area contributed by atoms with Crippen LogP contribution in [0.5, 0.6) is 5.75 Å². The summed E-state index contributed by atoms with van der Waals surface area (Å²) in [6.45, 7) is 0.206. The topological polar surface area (TPSA) is 81.5 Å². The lowest BCUT2D eigenvalue weighted by atomic mass is 10.3. The van der Waals surface area contributed by atoms with Crippen LogP contribution in [0.1, 0.15) is 11.5 Å². The van der Waals surface area contributed by atoms with E-state index in [4.69, 9.17) is 49.0 Å². The predicted molar refractivity (Wildman–Crippen MR) is 108 cm³/mol. The smallest absolute Gasteiger partial charge is 0.219 e. The molecule has 0 amide bonds. The van der Waals surface area contributed by atoms with Gasteiger partial charge >= 0.3 is 0 Å². The van der Waals surface area contributed by atoms with Crippen molar-refractivity contribution < 1.29 is 13.6 Å². The van der Waals surface area contributed by atoms with Crippen molar-refractivity contribution in [3.8, 4) is 17.3 Å². The summed E-state index contributed by atoms with van der Waals surface area (Å²) in [6, 6.07) is 12.1. The first-order valence-electron chi connectivity index (χ1n) is 8.02. The first-order valence-corrected chi connectivity index (χ1v) is 9.19. The lowest BCUT2D eigenvalue weighted by Crippen LogP contribution is -1.95. The molecule has 1 N–H and O–H groups in total. The van der Waals surface area contributed by atoms with Crippen molar-refractivity contribution in [2.24, 2.45) is 5.10 Å². The van der Waals surface area contributed by atoms with Crippen molar-refractivity contribution in [1.82, 2.24) is 14.9 Å². The van der Waals surface area contributed by atoms with E-state index in [1.54, 1.807) is 48.7 Å². The lowest BCUT2D eigenvalue weighted by molar-refractivity contribution is 0.270. The van der Waals surface area contributed by atoms with Crippen molar-refractivity contribution >= 4 is 41.6 Å². The minimum absolute atomic E-state index is 0.206. The summed E-state index contributed by atoms with van der Waals surface area (Å²) in [7, 11) is 0. The number of nitrogens with zero attached hydrogens (tertiary/aromatic N) is 3. The number of benzene rings is 1. The average Bonchev–Trinajstić information content (AvgIpc) is 3.40. The fourth-order valence-electron chi connectivity index (χ4n) is 2.36. The number of halogens is 2. The first-order chi connectivity index (χ1) is 13.6. The second kappa shape index (κ2) is 8.05. The Balaban J connectivity index is 1.47. The molecule has 1 aromatic carbocycles. The summed E-state index contributed by atoms with van der Waals surface area (Å²) >= 11 is 17.2. The van der Waals surface area contributed by atoms with Crippen LogP contribution in [0.2, 0.25) is 10.0 Å². The lowest BCUT2D eigenvalue weighted by Gasteiger charge is -2.06. The predicted octanol–water partition coefficient (Wildman–Crippen LogP) is 5.56. The molecule has 10 heteroatoms. The molecule has 0 saturated carbocycles. The number of furan rings is 2. The Kier molecular flexibility index (Phi) is 5.34. The maximum Gasteiger partial charge on any atom is 0.219 e. The van der Waals surface area contributed by atoms with Gasteiger partial charge in [-0.25, -0.2) is 5.10 Å². The summed E-state index contributed by atoms with van der Waals surface area (Å²) in [5.41, 5.74) is 0. The van der Waals surface area contributed by atoms with Gasteiger partial charge in [-0.05, 0) is 54.7 Å². The van der Waals surface area contributed by atoms with Crippen LogP contribution in [-0.2, 0) is 6.61 Å². The average molecular weight is 435 g/mol. The van der Waals surface area contributed by atoms with Crippen LogP contribution in [0, 0.1) is 4.77 Å². The van der Waals surface area contributed by atoms with E-state index >= 15 is 0 Å². The van der Waals surface area contributed by atoms with E-state index in [-0.39, 0.29) is 6.61 Å². The van der Waals surface area contributed by atoms with E-state index < -0.39 is 0 Å². The number of hydrogen-bond acceptors (Lipinski definition) is 6. The van der Waals surface area contributed by atoms with Crippen molar-refractivity contribution in [2.45, 2.75) is 6.61 Å². The summed E-state index contributed by atoms with van der Waals surface area (Å²) in [5.74, 6) is 2.64. The molecule has 0 spiro atoms. The van der Waals surface area contributed by atoms with Gasteiger partial charge in [0.15, 0.2) is 5.76 Å². The molecule has 3 aromatic heterocycles. The van der Waals surface area contributed by atoms with Gasteiger partial charge in [0.1, 0.15) is 23.9 Å².